The number of rotatable bonds is 12. The minimum absolute atomic E-state index is 0.0418. The average molecular weight is 461 g/mol. The van der Waals surface area contributed by atoms with Gasteiger partial charge in [-0.3, -0.25) is 9.59 Å². The zero-order valence-corrected chi connectivity index (χ0v) is 20.0. The number of nitrogens with one attached hydrogen (secondary N) is 1. The summed E-state index contributed by atoms with van der Waals surface area (Å²) in [7, 11) is 1.61. The van der Waals surface area contributed by atoms with Gasteiger partial charge in [0.05, 0.1) is 13.7 Å². The minimum atomic E-state index is -0.615. The highest BCUT2D eigenvalue weighted by atomic mass is 35.5. The molecule has 0 unspecified atom stereocenters. The number of hydrogen-bond acceptors (Lipinski definition) is 4. The van der Waals surface area contributed by atoms with E-state index in [2.05, 4.69) is 5.32 Å². The van der Waals surface area contributed by atoms with Crippen molar-refractivity contribution >= 4 is 23.4 Å². The molecule has 2 rings (SSSR count). The first-order valence-corrected chi connectivity index (χ1v) is 11.3. The van der Waals surface area contributed by atoms with Crippen molar-refractivity contribution in [3.05, 3.63) is 59.1 Å². The molecule has 2 aromatic carbocycles. The Morgan fingerprint density at radius 2 is 1.72 bits per heavy atom. The van der Waals surface area contributed by atoms with Crippen molar-refractivity contribution < 1.29 is 19.1 Å². The van der Waals surface area contributed by atoms with E-state index in [1.165, 1.54) is 0 Å². The zero-order valence-electron chi connectivity index (χ0n) is 19.3. The van der Waals surface area contributed by atoms with Gasteiger partial charge >= 0.3 is 0 Å². The largest absolute Gasteiger partial charge is 0.497 e. The molecule has 6 nitrogen and oxygen atoms in total. The van der Waals surface area contributed by atoms with E-state index in [1.807, 2.05) is 56.3 Å². The number of carbonyl (C=O) groups is 2. The van der Waals surface area contributed by atoms with Gasteiger partial charge in [-0.25, -0.2) is 0 Å². The third-order valence-corrected chi connectivity index (χ3v) is 5.70. The maximum absolute atomic E-state index is 13.1. The molecule has 174 valence electrons. The Morgan fingerprint density at radius 1 is 1.06 bits per heavy atom. The SMILES string of the molecule is CC[C@H](C)NC(=O)[C@@H](C)N(Cc1ccccc1Cl)C(=O)CCCOc1ccc(OC)cc1. The van der Waals surface area contributed by atoms with Gasteiger partial charge in [0.25, 0.3) is 0 Å². The van der Waals surface area contributed by atoms with Crippen LogP contribution in [0, 0.1) is 0 Å². The number of halogens is 1. The van der Waals surface area contributed by atoms with Crippen LogP contribution in [0.3, 0.4) is 0 Å². The van der Waals surface area contributed by atoms with Crippen molar-refractivity contribution in [3.63, 3.8) is 0 Å². The molecule has 7 heteroatoms. The molecular weight excluding hydrogens is 428 g/mol. The number of carbonyl (C=O) groups excluding carboxylic acids is 2. The molecule has 0 aliphatic carbocycles. The first-order chi connectivity index (χ1) is 15.3. The molecule has 1 N–H and O–H groups in total. The highest BCUT2D eigenvalue weighted by Gasteiger charge is 2.27. The molecule has 0 fully saturated rings. The van der Waals surface area contributed by atoms with Crippen LogP contribution in [0.5, 0.6) is 11.5 Å². The van der Waals surface area contributed by atoms with Crippen LogP contribution in [-0.4, -0.2) is 42.5 Å². The Labute approximate surface area is 195 Å². The number of amides is 2. The second kappa shape index (κ2) is 13.0. The molecule has 0 spiro atoms. The summed E-state index contributed by atoms with van der Waals surface area (Å²) in [5.74, 6) is 1.18. The lowest BCUT2D eigenvalue weighted by molar-refractivity contribution is -0.141. The van der Waals surface area contributed by atoms with E-state index in [0.29, 0.717) is 23.8 Å². The lowest BCUT2D eigenvalue weighted by Gasteiger charge is -2.30. The van der Waals surface area contributed by atoms with Gasteiger partial charge in [-0.2, -0.15) is 0 Å². The first-order valence-electron chi connectivity index (χ1n) is 11.0. The Morgan fingerprint density at radius 3 is 2.34 bits per heavy atom. The normalized spacial score (nSPS) is 12.5. The van der Waals surface area contributed by atoms with Crippen LogP contribution in [0.25, 0.3) is 0 Å². The molecule has 2 atom stereocenters. The molecule has 2 amide bonds. The predicted octanol–water partition coefficient (Wildman–Crippen LogP) is 4.84. The summed E-state index contributed by atoms with van der Waals surface area (Å²) in [6.45, 7) is 6.37. The van der Waals surface area contributed by atoms with Gasteiger partial charge in [-0.05, 0) is 62.6 Å². The summed E-state index contributed by atoms with van der Waals surface area (Å²) in [4.78, 5) is 27.4. The third-order valence-electron chi connectivity index (χ3n) is 5.33. The van der Waals surface area contributed by atoms with Crippen molar-refractivity contribution in [1.82, 2.24) is 10.2 Å². The quantitative estimate of drug-likeness (QED) is 0.460. The van der Waals surface area contributed by atoms with Crippen molar-refractivity contribution in [2.75, 3.05) is 13.7 Å². The van der Waals surface area contributed by atoms with Gasteiger partial charge in [-0.1, -0.05) is 36.7 Å². The number of hydrogen-bond donors (Lipinski definition) is 1. The summed E-state index contributed by atoms with van der Waals surface area (Å²) in [6.07, 6.45) is 1.62. The maximum Gasteiger partial charge on any atom is 0.242 e. The van der Waals surface area contributed by atoms with E-state index in [-0.39, 0.29) is 30.8 Å². The van der Waals surface area contributed by atoms with E-state index in [9.17, 15) is 9.59 Å². The first kappa shape index (κ1) is 25.5. The number of benzene rings is 2. The van der Waals surface area contributed by atoms with Crippen LogP contribution < -0.4 is 14.8 Å². The van der Waals surface area contributed by atoms with E-state index >= 15 is 0 Å². The lowest BCUT2D eigenvalue weighted by atomic mass is 10.1. The Balaban J connectivity index is 2.00. The molecule has 0 heterocycles. The van der Waals surface area contributed by atoms with Crippen LogP contribution in [0.2, 0.25) is 5.02 Å². The molecule has 2 aromatic rings. The highest BCUT2D eigenvalue weighted by molar-refractivity contribution is 6.31. The van der Waals surface area contributed by atoms with E-state index in [1.54, 1.807) is 25.0 Å². The van der Waals surface area contributed by atoms with Crippen LogP contribution in [0.15, 0.2) is 48.5 Å². The number of ether oxygens (including phenoxy) is 2. The van der Waals surface area contributed by atoms with Gasteiger partial charge < -0.3 is 19.7 Å². The second-order valence-electron chi connectivity index (χ2n) is 7.73. The van der Waals surface area contributed by atoms with E-state index < -0.39 is 6.04 Å². The second-order valence-corrected chi connectivity index (χ2v) is 8.14. The Bertz CT molecular complexity index is 873. The van der Waals surface area contributed by atoms with Crippen molar-refractivity contribution in [2.24, 2.45) is 0 Å². The van der Waals surface area contributed by atoms with Crippen LogP contribution in [0.4, 0.5) is 0 Å². The Hall–Kier alpha value is -2.73. The van der Waals surface area contributed by atoms with Crippen molar-refractivity contribution in [3.8, 4) is 11.5 Å². The van der Waals surface area contributed by atoms with Gasteiger partial charge in [0.2, 0.25) is 11.8 Å². The fraction of sp³-hybridized carbons (Fsp3) is 0.440. The van der Waals surface area contributed by atoms with E-state index in [4.69, 9.17) is 21.1 Å². The molecule has 32 heavy (non-hydrogen) atoms. The molecule has 0 radical (unpaired) electrons. The van der Waals surface area contributed by atoms with E-state index in [0.717, 1.165) is 17.7 Å². The summed E-state index contributed by atoms with van der Waals surface area (Å²) in [5, 5.41) is 3.53. The van der Waals surface area contributed by atoms with Gasteiger partial charge in [-0.15, -0.1) is 0 Å². The average Bonchev–Trinajstić information content (AvgIpc) is 2.80. The minimum Gasteiger partial charge on any atom is -0.497 e. The van der Waals surface area contributed by atoms with Crippen LogP contribution >= 0.6 is 11.6 Å². The van der Waals surface area contributed by atoms with Gasteiger partial charge in [0.15, 0.2) is 0 Å². The molecule has 0 aliphatic rings. The molecular formula is C25H33ClN2O4. The number of methoxy groups -OCH3 is 1. The summed E-state index contributed by atoms with van der Waals surface area (Å²) in [5.41, 5.74) is 0.806. The summed E-state index contributed by atoms with van der Waals surface area (Å²) in [6, 6.07) is 14.1. The monoisotopic (exact) mass is 460 g/mol. The Kier molecular flexibility index (Phi) is 10.3. The maximum atomic E-state index is 13.1. The fourth-order valence-corrected chi connectivity index (χ4v) is 3.28. The summed E-state index contributed by atoms with van der Waals surface area (Å²) >= 11 is 6.31. The van der Waals surface area contributed by atoms with Crippen LogP contribution in [0.1, 0.15) is 45.6 Å². The molecule has 0 aliphatic heterocycles. The lowest BCUT2D eigenvalue weighted by Crippen LogP contribution is -2.49. The van der Waals surface area contributed by atoms with Gasteiger partial charge in [0.1, 0.15) is 17.5 Å². The number of nitrogens with zero attached hydrogens (tertiary/aromatic N) is 1. The molecule has 0 bridgehead atoms. The summed E-state index contributed by atoms with van der Waals surface area (Å²) < 4.78 is 10.9. The zero-order chi connectivity index (χ0) is 23.5. The topological polar surface area (TPSA) is 67.9 Å². The standard InChI is InChI=1S/C25H33ClN2O4/c1-5-18(2)27-25(30)19(3)28(17-20-9-6-7-10-23(20)26)24(29)11-8-16-32-22-14-12-21(31-4)13-15-22/h6-7,9-10,12-15,18-19H,5,8,11,16-17H2,1-4H3,(H,27,30)/t18-,19+/m0/s1. The van der Waals surface area contributed by atoms with Crippen molar-refractivity contribution in [1.29, 1.82) is 0 Å². The van der Waals surface area contributed by atoms with Crippen molar-refractivity contribution in [2.45, 2.75) is 58.7 Å². The molecule has 0 saturated carbocycles. The van der Waals surface area contributed by atoms with Gasteiger partial charge in [0, 0.05) is 24.0 Å². The van der Waals surface area contributed by atoms with Crippen LogP contribution in [-0.2, 0) is 16.1 Å². The fourth-order valence-electron chi connectivity index (χ4n) is 3.09. The molecule has 0 saturated heterocycles. The molecule has 0 aromatic heterocycles. The predicted molar refractivity (Wildman–Crippen MR) is 127 cm³/mol. The smallest absolute Gasteiger partial charge is 0.242 e. The third kappa shape index (κ3) is 7.75. The highest BCUT2D eigenvalue weighted by Crippen LogP contribution is 2.20.